The Morgan fingerprint density at radius 1 is 1.50 bits per heavy atom. The number of nitro groups is 1. The van der Waals surface area contributed by atoms with E-state index in [1.54, 1.807) is 17.9 Å². The molecule has 1 aliphatic heterocycles. The van der Waals surface area contributed by atoms with Gasteiger partial charge >= 0.3 is 0 Å². The van der Waals surface area contributed by atoms with Crippen LogP contribution in [0, 0.1) is 10.1 Å². The monoisotopic (exact) mass is 297 g/mol. The number of amides is 2. The molecule has 1 saturated heterocycles. The third-order valence-electron chi connectivity index (χ3n) is 3.13. The number of carbonyl (C=O) groups excluding carboxylic acids is 2. The second-order valence-corrected chi connectivity index (χ2v) is 4.94. The minimum absolute atomic E-state index is 0.0549. The number of hydrogen-bond donors (Lipinski definition) is 1. The van der Waals surface area contributed by atoms with Gasteiger partial charge in [-0.2, -0.15) is 0 Å². The van der Waals surface area contributed by atoms with Gasteiger partial charge in [0.05, 0.1) is 17.5 Å². The first kappa shape index (κ1) is 14.4. The highest BCUT2D eigenvalue weighted by atomic mass is 35.5. The van der Waals surface area contributed by atoms with Crippen molar-refractivity contribution >= 4 is 29.1 Å². The Labute approximate surface area is 119 Å². The highest BCUT2D eigenvalue weighted by Crippen LogP contribution is 2.26. The molecule has 1 aromatic rings. The van der Waals surface area contributed by atoms with Crippen LogP contribution in [0.2, 0.25) is 5.02 Å². The Balaban J connectivity index is 2.21. The molecule has 1 aromatic carbocycles. The fourth-order valence-corrected chi connectivity index (χ4v) is 2.18. The molecular weight excluding hydrogens is 286 g/mol. The topological polar surface area (TPSA) is 92.6 Å². The molecule has 20 heavy (non-hydrogen) atoms. The first-order valence-electron chi connectivity index (χ1n) is 5.89. The Morgan fingerprint density at radius 3 is 2.85 bits per heavy atom. The zero-order chi connectivity index (χ0) is 14.9. The second-order valence-electron chi connectivity index (χ2n) is 4.54. The smallest absolute Gasteiger partial charge is 0.288 e. The minimum Gasteiger partial charge on any atom is -0.294 e. The van der Waals surface area contributed by atoms with Crippen LogP contribution in [0.15, 0.2) is 18.2 Å². The fourth-order valence-electron chi connectivity index (χ4n) is 1.99. The number of hydrogen-bond acceptors (Lipinski definition) is 5. The van der Waals surface area contributed by atoms with E-state index in [-0.39, 0.29) is 35.6 Å². The third kappa shape index (κ3) is 2.94. The molecule has 0 aromatic heterocycles. The molecule has 2 rings (SSSR count). The van der Waals surface area contributed by atoms with E-state index in [1.165, 1.54) is 12.1 Å². The van der Waals surface area contributed by atoms with E-state index in [1.807, 2.05) is 0 Å². The third-order valence-corrected chi connectivity index (χ3v) is 3.45. The lowest BCUT2D eigenvalue weighted by molar-refractivity contribution is -0.384. The molecule has 1 fully saturated rings. The number of carbonyl (C=O) groups is 2. The van der Waals surface area contributed by atoms with Gasteiger partial charge in [-0.25, -0.2) is 0 Å². The molecule has 106 valence electrons. The normalized spacial score (nSPS) is 19.8. The average Bonchev–Trinajstić information content (AvgIpc) is 2.37. The maximum absolute atomic E-state index is 11.5. The Bertz CT molecular complexity index is 590. The van der Waals surface area contributed by atoms with Crippen molar-refractivity contribution in [2.45, 2.75) is 19.5 Å². The molecule has 0 saturated carbocycles. The van der Waals surface area contributed by atoms with Crippen LogP contribution in [-0.2, 0) is 16.1 Å². The van der Waals surface area contributed by atoms with Crippen LogP contribution in [-0.4, -0.2) is 34.2 Å². The molecule has 0 aliphatic carbocycles. The minimum atomic E-state index is -0.566. The van der Waals surface area contributed by atoms with Gasteiger partial charge in [-0.1, -0.05) is 17.7 Å². The van der Waals surface area contributed by atoms with Gasteiger partial charge in [0, 0.05) is 12.6 Å². The molecule has 7 nitrogen and oxygen atoms in total. The zero-order valence-corrected chi connectivity index (χ0v) is 11.4. The standard InChI is InChI=1S/C12H12ClN3O4/c1-7-12(18)14-11(17)6-15(7)5-8-2-3-9(13)10(4-8)16(19)20/h2-4,7H,5-6H2,1H3,(H,14,17,18). The summed E-state index contributed by atoms with van der Waals surface area (Å²) in [5.41, 5.74) is 0.431. The van der Waals surface area contributed by atoms with Crippen LogP contribution < -0.4 is 5.32 Å². The zero-order valence-electron chi connectivity index (χ0n) is 10.6. The largest absolute Gasteiger partial charge is 0.294 e. The fraction of sp³-hybridized carbons (Fsp3) is 0.333. The lowest BCUT2D eigenvalue weighted by atomic mass is 10.1. The highest BCUT2D eigenvalue weighted by molar-refractivity contribution is 6.32. The molecule has 1 aliphatic rings. The van der Waals surface area contributed by atoms with Crippen LogP contribution >= 0.6 is 11.6 Å². The van der Waals surface area contributed by atoms with E-state index < -0.39 is 11.0 Å². The maximum Gasteiger partial charge on any atom is 0.288 e. The molecule has 0 bridgehead atoms. The van der Waals surface area contributed by atoms with Crippen molar-refractivity contribution in [1.29, 1.82) is 0 Å². The summed E-state index contributed by atoms with van der Waals surface area (Å²) in [6.45, 7) is 2.01. The Kier molecular flexibility index (Phi) is 4.01. The van der Waals surface area contributed by atoms with Gasteiger partial charge in [0.1, 0.15) is 5.02 Å². The predicted molar refractivity (Wildman–Crippen MR) is 71.1 cm³/mol. The van der Waals surface area contributed by atoms with E-state index in [2.05, 4.69) is 5.32 Å². The van der Waals surface area contributed by atoms with Gasteiger partial charge in [-0.15, -0.1) is 0 Å². The first-order valence-corrected chi connectivity index (χ1v) is 6.27. The summed E-state index contributed by atoms with van der Waals surface area (Å²) in [7, 11) is 0. The van der Waals surface area contributed by atoms with E-state index in [9.17, 15) is 19.7 Å². The first-order chi connectivity index (χ1) is 9.38. The van der Waals surface area contributed by atoms with E-state index in [0.29, 0.717) is 5.56 Å². The van der Waals surface area contributed by atoms with Gasteiger partial charge in [0.2, 0.25) is 11.8 Å². The quantitative estimate of drug-likeness (QED) is 0.512. The lowest BCUT2D eigenvalue weighted by Gasteiger charge is -2.31. The molecule has 8 heteroatoms. The van der Waals surface area contributed by atoms with Gasteiger partial charge in [0.25, 0.3) is 5.69 Å². The summed E-state index contributed by atoms with van der Waals surface area (Å²) in [5, 5.41) is 13.1. The van der Waals surface area contributed by atoms with Crippen LogP contribution in [0.1, 0.15) is 12.5 Å². The molecule has 0 radical (unpaired) electrons. The maximum atomic E-state index is 11.5. The van der Waals surface area contributed by atoms with Gasteiger partial charge in [0.15, 0.2) is 0 Å². The number of imide groups is 1. The van der Waals surface area contributed by atoms with Crippen LogP contribution in [0.3, 0.4) is 0 Å². The van der Waals surface area contributed by atoms with Crippen molar-refractivity contribution in [3.05, 3.63) is 38.9 Å². The predicted octanol–water partition coefficient (Wildman–Crippen LogP) is 1.10. The van der Waals surface area contributed by atoms with Crippen molar-refractivity contribution < 1.29 is 14.5 Å². The van der Waals surface area contributed by atoms with Crippen LogP contribution in [0.5, 0.6) is 0 Å². The Morgan fingerprint density at radius 2 is 2.20 bits per heavy atom. The molecule has 1 unspecified atom stereocenters. The van der Waals surface area contributed by atoms with Gasteiger partial charge in [-0.05, 0) is 18.6 Å². The van der Waals surface area contributed by atoms with Crippen molar-refractivity contribution in [2.24, 2.45) is 0 Å². The molecule has 1 atom stereocenters. The van der Waals surface area contributed by atoms with Crippen molar-refractivity contribution in [2.75, 3.05) is 6.54 Å². The van der Waals surface area contributed by atoms with E-state index >= 15 is 0 Å². The number of halogens is 1. The molecular formula is C12H12ClN3O4. The summed E-state index contributed by atoms with van der Waals surface area (Å²) in [4.78, 5) is 34.8. The van der Waals surface area contributed by atoms with Gasteiger partial charge in [-0.3, -0.25) is 29.9 Å². The number of nitrogens with zero attached hydrogens (tertiary/aromatic N) is 2. The molecule has 1 N–H and O–H groups in total. The van der Waals surface area contributed by atoms with Gasteiger partial charge < -0.3 is 0 Å². The van der Waals surface area contributed by atoms with E-state index in [0.717, 1.165) is 0 Å². The summed E-state index contributed by atoms with van der Waals surface area (Å²) in [6, 6.07) is 3.96. The molecule has 1 heterocycles. The number of nitro benzene ring substituents is 1. The van der Waals surface area contributed by atoms with Crippen LogP contribution in [0.4, 0.5) is 5.69 Å². The number of piperazine rings is 1. The average molecular weight is 298 g/mol. The second kappa shape index (κ2) is 5.56. The summed E-state index contributed by atoms with van der Waals surface area (Å²) in [6.07, 6.45) is 0. The van der Waals surface area contributed by atoms with Crippen molar-refractivity contribution in [3.63, 3.8) is 0 Å². The summed E-state index contributed by atoms with van der Waals surface area (Å²) in [5.74, 6) is -0.749. The number of benzene rings is 1. The van der Waals surface area contributed by atoms with Crippen LogP contribution in [0.25, 0.3) is 0 Å². The molecule has 2 amide bonds. The Hall–Kier alpha value is -1.99. The summed E-state index contributed by atoms with van der Waals surface area (Å²) < 4.78 is 0. The summed E-state index contributed by atoms with van der Waals surface area (Å²) >= 11 is 5.74. The van der Waals surface area contributed by atoms with E-state index in [4.69, 9.17) is 11.6 Å². The van der Waals surface area contributed by atoms with Crippen molar-refractivity contribution in [1.82, 2.24) is 10.2 Å². The molecule has 0 spiro atoms. The SMILES string of the molecule is CC1C(=O)NC(=O)CN1Cc1ccc(Cl)c([N+](=O)[O-])c1. The van der Waals surface area contributed by atoms with Crippen molar-refractivity contribution in [3.8, 4) is 0 Å². The highest BCUT2D eigenvalue weighted by Gasteiger charge is 2.30. The number of nitrogens with one attached hydrogen (secondary N) is 1. The lowest BCUT2D eigenvalue weighted by Crippen LogP contribution is -2.56. The number of rotatable bonds is 3.